The Morgan fingerprint density at radius 1 is 1.04 bits per heavy atom. The first-order valence-electron chi connectivity index (χ1n) is 7.79. The van der Waals surface area contributed by atoms with E-state index >= 15 is 0 Å². The number of nitrogens with zero attached hydrogens (tertiary/aromatic N) is 4. The zero-order valence-corrected chi connectivity index (χ0v) is 13.5. The first-order chi connectivity index (χ1) is 11.6. The molecule has 2 amide bonds. The highest BCUT2D eigenvalue weighted by atomic mass is 16.2. The van der Waals surface area contributed by atoms with E-state index in [-0.39, 0.29) is 17.5 Å². The van der Waals surface area contributed by atoms with Gasteiger partial charge in [0.05, 0.1) is 6.20 Å². The van der Waals surface area contributed by atoms with E-state index in [1.165, 1.54) is 18.6 Å². The van der Waals surface area contributed by atoms with E-state index in [1.807, 2.05) is 4.90 Å². The summed E-state index contributed by atoms with van der Waals surface area (Å²) in [5.74, 6) is -0.309. The number of hydrogen-bond acceptors (Lipinski definition) is 5. The van der Waals surface area contributed by atoms with Gasteiger partial charge in [-0.3, -0.25) is 14.6 Å². The van der Waals surface area contributed by atoms with Crippen molar-refractivity contribution in [2.45, 2.75) is 0 Å². The molecule has 1 aromatic carbocycles. The number of piperazine rings is 1. The number of carbonyl (C=O) groups is 2. The molecule has 1 aromatic heterocycles. The second kappa shape index (κ2) is 7.18. The molecule has 0 atom stereocenters. The number of anilines is 1. The Bertz CT molecular complexity index is 710. The number of likely N-dealkylation sites (N-methyl/N-ethyl adjacent to an activating group) is 1. The van der Waals surface area contributed by atoms with E-state index in [2.05, 4.69) is 27.2 Å². The standard InChI is InChI=1S/C17H19N5O2/c1-21-8-10-22(11-9-21)17(24)13-2-4-14(5-3-13)20-16(23)15-12-18-6-7-19-15/h2-7,12H,8-11H2,1H3,(H,20,23). The second-order valence-electron chi connectivity index (χ2n) is 5.72. The van der Waals surface area contributed by atoms with Gasteiger partial charge in [0, 0.05) is 49.8 Å². The van der Waals surface area contributed by atoms with Gasteiger partial charge in [-0.15, -0.1) is 0 Å². The minimum atomic E-state index is -0.332. The van der Waals surface area contributed by atoms with Crippen molar-refractivity contribution in [3.8, 4) is 0 Å². The predicted octanol–water partition coefficient (Wildman–Crippen LogP) is 1.12. The normalized spacial score (nSPS) is 15.1. The predicted molar refractivity (Wildman–Crippen MR) is 89.8 cm³/mol. The molecule has 7 nitrogen and oxygen atoms in total. The molecule has 0 saturated carbocycles. The fourth-order valence-corrected chi connectivity index (χ4v) is 2.50. The molecule has 24 heavy (non-hydrogen) atoms. The molecule has 1 N–H and O–H groups in total. The van der Waals surface area contributed by atoms with E-state index in [9.17, 15) is 9.59 Å². The lowest BCUT2D eigenvalue weighted by molar-refractivity contribution is 0.0664. The van der Waals surface area contributed by atoms with Gasteiger partial charge >= 0.3 is 0 Å². The van der Waals surface area contributed by atoms with Crippen molar-refractivity contribution >= 4 is 17.5 Å². The van der Waals surface area contributed by atoms with Gasteiger partial charge in [-0.25, -0.2) is 4.98 Å². The summed E-state index contributed by atoms with van der Waals surface area (Å²) >= 11 is 0. The Morgan fingerprint density at radius 2 is 1.75 bits per heavy atom. The van der Waals surface area contributed by atoms with Gasteiger partial charge in [0.15, 0.2) is 0 Å². The van der Waals surface area contributed by atoms with Crippen LogP contribution in [0.3, 0.4) is 0 Å². The van der Waals surface area contributed by atoms with Crippen molar-refractivity contribution in [1.29, 1.82) is 0 Å². The summed E-state index contributed by atoms with van der Waals surface area (Å²) in [6.07, 6.45) is 4.38. The van der Waals surface area contributed by atoms with Gasteiger partial charge < -0.3 is 15.1 Å². The van der Waals surface area contributed by atoms with Crippen LogP contribution >= 0.6 is 0 Å². The van der Waals surface area contributed by atoms with Gasteiger partial charge in [0.2, 0.25) is 0 Å². The largest absolute Gasteiger partial charge is 0.336 e. The van der Waals surface area contributed by atoms with E-state index in [0.29, 0.717) is 11.3 Å². The van der Waals surface area contributed by atoms with Crippen LogP contribution in [0.25, 0.3) is 0 Å². The number of benzene rings is 1. The molecule has 124 valence electrons. The van der Waals surface area contributed by atoms with Gasteiger partial charge in [-0.2, -0.15) is 0 Å². The van der Waals surface area contributed by atoms with Crippen LogP contribution in [0, 0.1) is 0 Å². The molecule has 1 aliphatic rings. The third kappa shape index (κ3) is 3.75. The van der Waals surface area contributed by atoms with Crippen LogP contribution in [-0.2, 0) is 0 Å². The van der Waals surface area contributed by atoms with Crippen LogP contribution < -0.4 is 5.32 Å². The van der Waals surface area contributed by atoms with Gasteiger partial charge in [0.25, 0.3) is 11.8 Å². The molecule has 1 saturated heterocycles. The molecule has 0 unspecified atom stereocenters. The third-order valence-corrected chi connectivity index (χ3v) is 3.98. The lowest BCUT2D eigenvalue weighted by Gasteiger charge is -2.32. The molecule has 2 heterocycles. The molecule has 0 spiro atoms. The number of hydrogen-bond donors (Lipinski definition) is 1. The van der Waals surface area contributed by atoms with Crippen molar-refractivity contribution in [3.63, 3.8) is 0 Å². The topological polar surface area (TPSA) is 78.4 Å². The summed E-state index contributed by atoms with van der Waals surface area (Å²) in [5.41, 5.74) is 1.48. The van der Waals surface area contributed by atoms with Crippen molar-refractivity contribution in [2.24, 2.45) is 0 Å². The van der Waals surface area contributed by atoms with Crippen molar-refractivity contribution in [1.82, 2.24) is 19.8 Å². The Hall–Kier alpha value is -2.80. The minimum absolute atomic E-state index is 0.0231. The molecule has 2 aromatic rings. The maximum absolute atomic E-state index is 12.5. The fourth-order valence-electron chi connectivity index (χ4n) is 2.50. The molecule has 0 aliphatic carbocycles. The third-order valence-electron chi connectivity index (χ3n) is 3.98. The summed E-state index contributed by atoms with van der Waals surface area (Å²) in [6, 6.07) is 6.90. The molecule has 1 fully saturated rings. The molecular weight excluding hydrogens is 306 g/mol. The lowest BCUT2D eigenvalue weighted by Crippen LogP contribution is -2.47. The Labute approximate surface area is 140 Å². The molecule has 0 radical (unpaired) electrons. The Morgan fingerprint density at radius 3 is 2.38 bits per heavy atom. The average Bonchev–Trinajstić information content (AvgIpc) is 2.63. The van der Waals surface area contributed by atoms with E-state index in [0.717, 1.165) is 26.2 Å². The number of aromatic nitrogens is 2. The zero-order valence-electron chi connectivity index (χ0n) is 13.5. The van der Waals surface area contributed by atoms with Crippen LogP contribution in [0.2, 0.25) is 0 Å². The van der Waals surface area contributed by atoms with Gasteiger partial charge in [0.1, 0.15) is 5.69 Å². The van der Waals surface area contributed by atoms with Crippen LogP contribution in [0.4, 0.5) is 5.69 Å². The van der Waals surface area contributed by atoms with Gasteiger partial charge in [-0.05, 0) is 31.3 Å². The lowest BCUT2D eigenvalue weighted by atomic mass is 10.1. The highest BCUT2D eigenvalue weighted by molar-refractivity contribution is 6.03. The quantitative estimate of drug-likeness (QED) is 0.915. The fraction of sp³-hybridized carbons (Fsp3) is 0.294. The van der Waals surface area contributed by atoms with Crippen LogP contribution in [0.1, 0.15) is 20.8 Å². The van der Waals surface area contributed by atoms with Gasteiger partial charge in [-0.1, -0.05) is 0 Å². The molecule has 3 rings (SSSR count). The molecular formula is C17H19N5O2. The Kier molecular flexibility index (Phi) is 4.81. The second-order valence-corrected chi connectivity index (χ2v) is 5.72. The van der Waals surface area contributed by atoms with Crippen LogP contribution in [0.5, 0.6) is 0 Å². The van der Waals surface area contributed by atoms with Crippen molar-refractivity contribution < 1.29 is 9.59 Å². The van der Waals surface area contributed by atoms with E-state index in [1.54, 1.807) is 24.3 Å². The average molecular weight is 325 g/mol. The smallest absolute Gasteiger partial charge is 0.275 e. The highest BCUT2D eigenvalue weighted by Crippen LogP contribution is 2.13. The maximum Gasteiger partial charge on any atom is 0.275 e. The molecule has 0 bridgehead atoms. The summed E-state index contributed by atoms with van der Waals surface area (Å²) in [4.78, 5) is 36.4. The SMILES string of the molecule is CN1CCN(C(=O)c2ccc(NC(=O)c3cnccn3)cc2)CC1. The first-order valence-corrected chi connectivity index (χ1v) is 7.79. The van der Waals surface area contributed by atoms with Crippen molar-refractivity contribution in [3.05, 3.63) is 54.1 Å². The molecule has 7 heteroatoms. The monoisotopic (exact) mass is 325 g/mol. The first kappa shape index (κ1) is 16.1. The maximum atomic E-state index is 12.5. The number of rotatable bonds is 3. The van der Waals surface area contributed by atoms with E-state index < -0.39 is 0 Å². The molecule has 1 aliphatic heterocycles. The Balaban J connectivity index is 1.63. The van der Waals surface area contributed by atoms with Crippen molar-refractivity contribution in [2.75, 3.05) is 38.5 Å². The summed E-state index contributed by atoms with van der Waals surface area (Å²) in [6.45, 7) is 3.25. The number of carbonyl (C=O) groups excluding carboxylic acids is 2. The summed E-state index contributed by atoms with van der Waals surface area (Å²) < 4.78 is 0. The van der Waals surface area contributed by atoms with Crippen LogP contribution in [-0.4, -0.2) is 64.8 Å². The summed E-state index contributed by atoms with van der Waals surface area (Å²) in [5, 5.41) is 2.74. The highest BCUT2D eigenvalue weighted by Gasteiger charge is 2.20. The van der Waals surface area contributed by atoms with Crippen LogP contribution in [0.15, 0.2) is 42.9 Å². The van der Waals surface area contributed by atoms with E-state index in [4.69, 9.17) is 0 Å². The minimum Gasteiger partial charge on any atom is -0.336 e. The zero-order chi connectivity index (χ0) is 16.9. The number of amides is 2. The number of nitrogens with one attached hydrogen (secondary N) is 1. The summed E-state index contributed by atoms with van der Waals surface area (Å²) in [7, 11) is 2.05.